The maximum Gasteiger partial charge on any atom is 0.251 e. The van der Waals surface area contributed by atoms with Gasteiger partial charge in [-0.1, -0.05) is 6.07 Å². The minimum atomic E-state index is -0.0492. The van der Waals surface area contributed by atoms with E-state index in [1.165, 1.54) is 11.0 Å². The van der Waals surface area contributed by atoms with Crippen molar-refractivity contribution in [2.24, 2.45) is 0 Å². The summed E-state index contributed by atoms with van der Waals surface area (Å²) in [7, 11) is 0. The summed E-state index contributed by atoms with van der Waals surface area (Å²) >= 11 is 0. The number of tetrazole rings is 1. The van der Waals surface area contributed by atoms with Gasteiger partial charge >= 0.3 is 0 Å². The van der Waals surface area contributed by atoms with E-state index in [2.05, 4.69) is 26.2 Å². The fraction of sp³-hybridized carbons (Fsp3) is 0.385. The Kier molecular flexibility index (Phi) is 3.69. The van der Waals surface area contributed by atoms with E-state index in [1.807, 2.05) is 12.1 Å². The Balaban J connectivity index is 1.73. The molecule has 1 fully saturated rings. The van der Waals surface area contributed by atoms with Gasteiger partial charge in [-0.25, -0.2) is 4.68 Å². The van der Waals surface area contributed by atoms with Crippen molar-refractivity contribution in [2.75, 3.05) is 13.1 Å². The molecule has 0 unspecified atom stereocenters. The number of hydrogen-bond donors (Lipinski definition) is 2. The number of benzene rings is 1. The number of nitrogens with zero attached hydrogens (tertiary/aromatic N) is 4. The van der Waals surface area contributed by atoms with E-state index in [0.717, 1.165) is 31.6 Å². The molecule has 104 valence electrons. The van der Waals surface area contributed by atoms with Crippen LogP contribution in [0, 0.1) is 0 Å². The van der Waals surface area contributed by atoms with E-state index < -0.39 is 0 Å². The summed E-state index contributed by atoms with van der Waals surface area (Å²) in [5, 5.41) is 17.3. The normalized spacial score (nSPS) is 16.0. The van der Waals surface area contributed by atoms with Gasteiger partial charge in [-0.3, -0.25) is 4.79 Å². The molecule has 1 amide bonds. The number of carbonyl (C=O) groups excluding carboxylic acids is 1. The van der Waals surface area contributed by atoms with Gasteiger partial charge in [0.2, 0.25) is 0 Å². The summed E-state index contributed by atoms with van der Waals surface area (Å²) in [5.74, 6) is -0.0492. The molecule has 0 saturated carbocycles. The second-order valence-corrected chi connectivity index (χ2v) is 4.80. The van der Waals surface area contributed by atoms with Crippen LogP contribution in [0.4, 0.5) is 0 Å². The Hall–Kier alpha value is -2.28. The molecular formula is C13H16N6O. The molecule has 2 aromatic rings. The molecule has 2 N–H and O–H groups in total. The van der Waals surface area contributed by atoms with E-state index in [-0.39, 0.29) is 11.9 Å². The van der Waals surface area contributed by atoms with Gasteiger partial charge < -0.3 is 10.6 Å². The first-order chi connectivity index (χ1) is 9.83. The van der Waals surface area contributed by atoms with Crippen LogP contribution in [0.2, 0.25) is 0 Å². The maximum atomic E-state index is 12.2. The van der Waals surface area contributed by atoms with E-state index in [4.69, 9.17) is 0 Å². The number of nitrogens with one attached hydrogen (secondary N) is 2. The Morgan fingerprint density at radius 1 is 1.35 bits per heavy atom. The quantitative estimate of drug-likeness (QED) is 0.830. The van der Waals surface area contributed by atoms with E-state index in [0.29, 0.717) is 5.56 Å². The first-order valence-electron chi connectivity index (χ1n) is 6.68. The molecule has 3 rings (SSSR count). The molecule has 1 aromatic carbocycles. The third-order valence-corrected chi connectivity index (χ3v) is 3.40. The zero-order valence-electron chi connectivity index (χ0n) is 11.0. The highest BCUT2D eigenvalue weighted by molar-refractivity contribution is 5.94. The van der Waals surface area contributed by atoms with Crippen LogP contribution in [0.5, 0.6) is 0 Å². The smallest absolute Gasteiger partial charge is 0.251 e. The zero-order chi connectivity index (χ0) is 13.8. The summed E-state index contributed by atoms with van der Waals surface area (Å²) in [5.41, 5.74) is 1.39. The Bertz CT molecular complexity index is 576. The van der Waals surface area contributed by atoms with Gasteiger partial charge in [0.15, 0.2) is 0 Å². The van der Waals surface area contributed by atoms with Crippen molar-refractivity contribution in [3.05, 3.63) is 36.2 Å². The lowest BCUT2D eigenvalue weighted by Crippen LogP contribution is -2.42. The van der Waals surface area contributed by atoms with E-state index in [9.17, 15) is 4.79 Å². The van der Waals surface area contributed by atoms with E-state index in [1.54, 1.807) is 12.1 Å². The fourth-order valence-electron chi connectivity index (χ4n) is 2.30. The average molecular weight is 272 g/mol. The zero-order valence-corrected chi connectivity index (χ0v) is 11.0. The van der Waals surface area contributed by atoms with Crippen molar-refractivity contribution in [1.29, 1.82) is 0 Å². The third-order valence-electron chi connectivity index (χ3n) is 3.40. The van der Waals surface area contributed by atoms with Crippen LogP contribution >= 0.6 is 0 Å². The highest BCUT2D eigenvalue weighted by Gasteiger charge is 2.16. The highest BCUT2D eigenvalue weighted by Crippen LogP contribution is 2.10. The van der Waals surface area contributed by atoms with Gasteiger partial charge in [0.1, 0.15) is 6.33 Å². The Labute approximate surface area is 116 Å². The molecule has 2 heterocycles. The van der Waals surface area contributed by atoms with Gasteiger partial charge in [0.25, 0.3) is 5.91 Å². The van der Waals surface area contributed by atoms with Crippen LogP contribution in [0.15, 0.2) is 30.6 Å². The number of piperidine rings is 1. The number of rotatable bonds is 3. The van der Waals surface area contributed by atoms with Crippen LogP contribution in [0.25, 0.3) is 5.69 Å². The van der Waals surface area contributed by atoms with Crippen molar-refractivity contribution in [2.45, 2.75) is 18.9 Å². The molecule has 7 heteroatoms. The molecule has 1 aliphatic heterocycles. The molecule has 1 aromatic heterocycles. The Morgan fingerprint density at radius 3 is 2.95 bits per heavy atom. The molecule has 1 aliphatic rings. The lowest BCUT2D eigenvalue weighted by molar-refractivity contribution is 0.0929. The van der Waals surface area contributed by atoms with Gasteiger partial charge in [-0.2, -0.15) is 0 Å². The first kappa shape index (κ1) is 12.7. The minimum Gasteiger partial charge on any atom is -0.349 e. The second-order valence-electron chi connectivity index (χ2n) is 4.80. The van der Waals surface area contributed by atoms with E-state index >= 15 is 0 Å². The number of hydrogen-bond acceptors (Lipinski definition) is 5. The number of amides is 1. The topological polar surface area (TPSA) is 84.7 Å². The number of carbonyl (C=O) groups is 1. The molecule has 0 radical (unpaired) electrons. The predicted octanol–water partition coefficient (Wildman–Crippen LogP) is 0.144. The molecule has 0 bridgehead atoms. The van der Waals surface area contributed by atoms with Crippen molar-refractivity contribution in [3.8, 4) is 5.69 Å². The summed E-state index contributed by atoms with van der Waals surface area (Å²) in [6.07, 6.45) is 3.45. The maximum absolute atomic E-state index is 12.2. The fourth-order valence-corrected chi connectivity index (χ4v) is 2.30. The van der Waals surface area contributed by atoms with Crippen molar-refractivity contribution >= 4 is 5.91 Å². The summed E-state index contributed by atoms with van der Waals surface area (Å²) in [4.78, 5) is 12.2. The molecule has 7 nitrogen and oxygen atoms in total. The summed E-state index contributed by atoms with van der Waals surface area (Å²) in [6.45, 7) is 1.91. The molecule has 0 atom stereocenters. The standard InChI is InChI=1S/C13H16N6O/c20-13(16-11-4-6-14-7-5-11)10-2-1-3-12(8-10)19-9-15-17-18-19/h1-3,8-9,11,14H,4-7H2,(H,16,20). The average Bonchev–Trinajstić information content (AvgIpc) is 3.03. The van der Waals surface area contributed by atoms with Crippen LogP contribution in [0.1, 0.15) is 23.2 Å². The summed E-state index contributed by atoms with van der Waals surface area (Å²) in [6, 6.07) is 7.52. The minimum absolute atomic E-state index is 0.0492. The SMILES string of the molecule is O=C(NC1CCNCC1)c1cccc(-n2cnnn2)c1. The molecule has 1 saturated heterocycles. The van der Waals surface area contributed by atoms with Crippen LogP contribution in [-0.4, -0.2) is 45.2 Å². The largest absolute Gasteiger partial charge is 0.349 e. The number of aromatic nitrogens is 4. The molecule has 0 aliphatic carbocycles. The predicted molar refractivity (Wildman–Crippen MR) is 72.5 cm³/mol. The van der Waals surface area contributed by atoms with Gasteiger partial charge in [-0.15, -0.1) is 5.10 Å². The van der Waals surface area contributed by atoms with Crippen molar-refractivity contribution < 1.29 is 4.79 Å². The highest BCUT2D eigenvalue weighted by atomic mass is 16.1. The van der Waals surface area contributed by atoms with Crippen molar-refractivity contribution in [3.63, 3.8) is 0 Å². The van der Waals surface area contributed by atoms with Crippen LogP contribution in [-0.2, 0) is 0 Å². The lowest BCUT2D eigenvalue weighted by Gasteiger charge is -2.23. The van der Waals surface area contributed by atoms with Gasteiger partial charge in [-0.05, 0) is 54.6 Å². The van der Waals surface area contributed by atoms with Crippen LogP contribution in [0.3, 0.4) is 0 Å². The van der Waals surface area contributed by atoms with Crippen LogP contribution < -0.4 is 10.6 Å². The van der Waals surface area contributed by atoms with Gasteiger partial charge in [0, 0.05) is 11.6 Å². The lowest BCUT2D eigenvalue weighted by atomic mass is 10.1. The molecule has 0 spiro atoms. The third kappa shape index (κ3) is 2.83. The molecular weight excluding hydrogens is 256 g/mol. The summed E-state index contributed by atoms with van der Waals surface area (Å²) < 4.78 is 1.53. The monoisotopic (exact) mass is 272 g/mol. The van der Waals surface area contributed by atoms with Gasteiger partial charge in [0.05, 0.1) is 5.69 Å². The van der Waals surface area contributed by atoms with Crippen molar-refractivity contribution in [1.82, 2.24) is 30.8 Å². The molecule has 20 heavy (non-hydrogen) atoms. The second kappa shape index (κ2) is 5.79. The Morgan fingerprint density at radius 2 is 2.20 bits per heavy atom. The first-order valence-corrected chi connectivity index (χ1v) is 6.68.